The molecule has 2 nitrogen and oxygen atoms in total. The minimum absolute atomic E-state index is 1.10. The molecule has 2 aromatic rings. The van der Waals surface area contributed by atoms with Crippen molar-refractivity contribution < 1.29 is 0 Å². The lowest BCUT2D eigenvalue weighted by Gasteiger charge is -1.89. The van der Waals surface area contributed by atoms with Crippen LogP contribution in [0.1, 0.15) is 12.1 Å². The highest BCUT2D eigenvalue weighted by atomic mass is 15.3. The van der Waals surface area contributed by atoms with Crippen molar-refractivity contribution in [2.24, 2.45) is 0 Å². The number of benzene rings is 1. The fourth-order valence-electron chi connectivity index (χ4n) is 1.98. The zero-order chi connectivity index (χ0) is 7.97. The van der Waals surface area contributed by atoms with Crippen LogP contribution in [0.15, 0.2) is 24.3 Å². The molecule has 0 unspecified atom stereocenters. The summed E-state index contributed by atoms with van der Waals surface area (Å²) in [5, 5.41) is 5.85. The summed E-state index contributed by atoms with van der Waals surface area (Å²) in [4.78, 5) is 0. The van der Waals surface area contributed by atoms with Crippen molar-refractivity contribution >= 4 is 10.9 Å². The average molecular weight is 158 g/mol. The van der Waals surface area contributed by atoms with Gasteiger partial charge in [0, 0.05) is 17.6 Å². The summed E-state index contributed by atoms with van der Waals surface area (Å²) in [6, 6.07) is 8.38. The molecule has 0 bridgehead atoms. The first-order valence-electron chi connectivity index (χ1n) is 4.39. The van der Waals surface area contributed by atoms with Gasteiger partial charge in [0.2, 0.25) is 0 Å². The maximum Gasteiger partial charge on any atom is 0.0926 e. The van der Waals surface area contributed by atoms with Gasteiger partial charge in [-0.1, -0.05) is 18.2 Å². The largest absolute Gasteiger partial charge is 0.268 e. The fourth-order valence-corrected chi connectivity index (χ4v) is 1.98. The van der Waals surface area contributed by atoms with Crippen molar-refractivity contribution in [1.29, 1.82) is 0 Å². The number of aryl methyl sites for hydroxylation is 2. The third-order valence-electron chi connectivity index (χ3n) is 2.54. The van der Waals surface area contributed by atoms with Gasteiger partial charge in [-0.3, -0.25) is 4.68 Å². The van der Waals surface area contributed by atoms with E-state index in [1.165, 1.54) is 23.9 Å². The van der Waals surface area contributed by atoms with Crippen LogP contribution in [0, 0.1) is 0 Å². The fraction of sp³-hybridized carbons (Fsp3) is 0.300. The molecule has 0 saturated heterocycles. The molecular weight excluding hydrogens is 148 g/mol. The Morgan fingerprint density at radius 3 is 3.17 bits per heavy atom. The van der Waals surface area contributed by atoms with Gasteiger partial charge in [0.15, 0.2) is 0 Å². The van der Waals surface area contributed by atoms with E-state index in [9.17, 15) is 0 Å². The van der Waals surface area contributed by atoms with E-state index in [1.54, 1.807) is 0 Å². The molecule has 1 aromatic carbocycles. The molecular formula is C10H10N2. The predicted molar refractivity (Wildman–Crippen MR) is 48.1 cm³/mol. The van der Waals surface area contributed by atoms with Crippen LogP contribution in [-0.4, -0.2) is 9.78 Å². The maximum atomic E-state index is 4.51. The van der Waals surface area contributed by atoms with Gasteiger partial charge in [-0.25, -0.2) is 0 Å². The van der Waals surface area contributed by atoms with Crippen LogP contribution in [0.25, 0.3) is 10.9 Å². The van der Waals surface area contributed by atoms with Gasteiger partial charge < -0.3 is 0 Å². The van der Waals surface area contributed by atoms with Gasteiger partial charge in [0.05, 0.1) is 5.52 Å². The molecule has 0 spiro atoms. The summed E-state index contributed by atoms with van der Waals surface area (Å²) in [5.41, 5.74) is 2.57. The highest BCUT2D eigenvalue weighted by Gasteiger charge is 2.14. The molecule has 2 heterocycles. The Balaban J connectivity index is 2.44. The summed E-state index contributed by atoms with van der Waals surface area (Å²) in [7, 11) is 0. The standard InChI is InChI=1S/C10H10N2/c1-2-5-9-8(4-1)10-6-3-7-12(10)11-9/h1-2,4-5H,3,6-7H2. The molecule has 0 aliphatic carbocycles. The first-order chi connectivity index (χ1) is 5.95. The van der Waals surface area contributed by atoms with Gasteiger partial charge in [-0.05, 0) is 18.9 Å². The number of aromatic nitrogens is 2. The predicted octanol–water partition coefficient (Wildman–Crippen LogP) is 1.98. The molecule has 0 N–H and O–H groups in total. The second kappa shape index (κ2) is 2.09. The SMILES string of the molecule is c1ccc2c3n(nc2c1)CCC3. The second-order valence-corrected chi connectivity index (χ2v) is 3.29. The number of fused-ring (bicyclic) bond motifs is 3. The van der Waals surface area contributed by atoms with Gasteiger partial charge in [0.1, 0.15) is 0 Å². The Kier molecular flexibility index (Phi) is 1.09. The Bertz CT molecular complexity index is 428. The lowest BCUT2D eigenvalue weighted by atomic mass is 10.2. The third kappa shape index (κ3) is 0.670. The van der Waals surface area contributed by atoms with E-state index in [1.807, 2.05) is 6.07 Å². The van der Waals surface area contributed by atoms with Crippen LogP contribution in [0.5, 0.6) is 0 Å². The van der Waals surface area contributed by atoms with E-state index < -0.39 is 0 Å². The number of nitrogens with zero attached hydrogens (tertiary/aromatic N) is 2. The minimum atomic E-state index is 1.10. The number of hydrogen-bond donors (Lipinski definition) is 0. The average Bonchev–Trinajstić information content (AvgIpc) is 2.62. The maximum absolute atomic E-state index is 4.51. The second-order valence-electron chi connectivity index (χ2n) is 3.29. The topological polar surface area (TPSA) is 17.8 Å². The minimum Gasteiger partial charge on any atom is -0.268 e. The van der Waals surface area contributed by atoms with E-state index in [0.717, 1.165) is 12.1 Å². The Morgan fingerprint density at radius 1 is 1.25 bits per heavy atom. The molecule has 3 rings (SSSR count). The van der Waals surface area contributed by atoms with Crippen LogP contribution in [0.2, 0.25) is 0 Å². The number of rotatable bonds is 0. The van der Waals surface area contributed by atoms with Crippen LogP contribution in [0.3, 0.4) is 0 Å². The normalized spacial score (nSPS) is 15.3. The Labute approximate surface area is 70.8 Å². The molecule has 1 aliphatic rings. The van der Waals surface area contributed by atoms with Gasteiger partial charge in [-0.15, -0.1) is 0 Å². The van der Waals surface area contributed by atoms with Crippen molar-refractivity contribution in [2.75, 3.05) is 0 Å². The van der Waals surface area contributed by atoms with Crippen molar-refractivity contribution in [1.82, 2.24) is 9.78 Å². The van der Waals surface area contributed by atoms with Gasteiger partial charge >= 0.3 is 0 Å². The summed E-state index contributed by atoms with van der Waals surface area (Å²) < 4.78 is 2.14. The molecule has 0 saturated carbocycles. The van der Waals surface area contributed by atoms with E-state index in [2.05, 4.69) is 28.0 Å². The number of hydrogen-bond acceptors (Lipinski definition) is 1. The van der Waals surface area contributed by atoms with E-state index in [0.29, 0.717) is 0 Å². The quantitative estimate of drug-likeness (QED) is 0.573. The van der Waals surface area contributed by atoms with E-state index in [-0.39, 0.29) is 0 Å². The lowest BCUT2D eigenvalue weighted by Crippen LogP contribution is -1.92. The molecule has 0 amide bonds. The lowest BCUT2D eigenvalue weighted by molar-refractivity contribution is 0.664. The van der Waals surface area contributed by atoms with Crippen molar-refractivity contribution in [3.05, 3.63) is 30.0 Å². The smallest absolute Gasteiger partial charge is 0.0926 e. The molecule has 60 valence electrons. The molecule has 1 aromatic heterocycles. The van der Waals surface area contributed by atoms with Crippen molar-refractivity contribution in [2.45, 2.75) is 19.4 Å². The van der Waals surface area contributed by atoms with Crippen LogP contribution in [-0.2, 0) is 13.0 Å². The zero-order valence-corrected chi connectivity index (χ0v) is 6.83. The zero-order valence-electron chi connectivity index (χ0n) is 6.83. The van der Waals surface area contributed by atoms with Crippen LogP contribution < -0.4 is 0 Å². The first-order valence-corrected chi connectivity index (χ1v) is 4.39. The molecule has 2 heteroatoms. The van der Waals surface area contributed by atoms with Gasteiger partial charge in [-0.2, -0.15) is 5.10 Å². The molecule has 1 aliphatic heterocycles. The van der Waals surface area contributed by atoms with E-state index >= 15 is 0 Å². The third-order valence-corrected chi connectivity index (χ3v) is 2.54. The van der Waals surface area contributed by atoms with Crippen LogP contribution in [0.4, 0.5) is 0 Å². The summed E-state index contributed by atoms with van der Waals surface area (Å²) >= 11 is 0. The Hall–Kier alpha value is -1.31. The Morgan fingerprint density at radius 2 is 2.17 bits per heavy atom. The molecule has 0 radical (unpaired) electrons. The summed E-state index contributed by atoms with van der Waals surface area (Å²) in [5.74, 6) is 0. The molecule has 0 atom stereocenters. The summed E-state index contributed by atoms with van der Waals surface area (Å²) in [6.45, 7) is 1.10. The molecule has 0 fully saturated rings. The van der Waals surface area contributed by atoms with E-state index in [4.69, 9.17) is 0 Å². The molecule has 12 heavy (non-hydrogen) atoms. The van der Waals surface area contributed by atoms with Gasteiger partial charge in [0.25, 0.3) is 0 Å². The van der Waals surface area contributed by atoms with Crippen molar-refractivity contribution in [3.8, 4) is 0 Å². The van der Waals surface area contributed by atoms with Crippen molar-refractivity contribution in [3.63, 3.8) is 0 Å². The monoisotopic (exact) mass is 158 g/mol. The van der Waals surface area contributed by atoms with Crippen LogP contribution >= 0.6 is 0 Å². The first kappa shape index (κ1) is 6.23. The highest BCUT2D eigenvalue weighted by molar-refractivity contribution is 5.81. The summed E-state index contributed by atoms with van der Waals surface area (Å²) in [6.07, 6.45) is 2.45. The highest BCUT2D eigenvalue weighted by Crippen LogP contribution is 2.23.